The number of anilines is 3. The van der Waals surface area contributed by atoms with Crippen LogP contribution in [-0.4, -0.2) is 24.3 Å². The third-order valence-corrected chi connectivity index (χ3v) is 5.34. The van der Waals surface area contributed by atoms with Crippen LogP contribution in [-0.2, 0) is 9.59 Å². The van der Waals surface area contributed by atoms with Crippen LogP contribution >= 0.6 is 0 Å². The van der Waals surface area contributed by atoms with Gasteiger partial charge in [-0.15, -0.1) is 0 Å². The van der Waals surface area contributed by atoms with Gasteiger partial charge in [-0.05, 0) is 61.5 Å². The second kappa shape index (κ2) is 9.01. The lowest BCUT2D eigenvalue weighted by molar-refractivity contribution is -0.122. The minimum absolute atomic E-state index is 0.0623. The maximum absolute atomic E-state index is 13.1. The Bertz CT molecular complexity index is 1160. The number of nitrogens with zero attached hydrogens (tertiary/aromatic N) is 1. The van der Waals surface area contributed by atoms with Crippen LogP contribution in [0.25, 0.3) is 0 Å². The SMILES string of the molecule is Cc1ccc(NC(=O)c2cccc(N3C[C@H](C(=O)Nc4ccc(F)cc4)CC3=O)c2)cc1. The highest BCUT2D eigenvalue weighted by Gasteiger charge is 2.35. The van der Waals surface area contributed by atoms with Crippen LogP contribution in [0.5, 0.6) is 0 Å². The normalized spacial score (nSPS) is 15.5. The highest BCUT2D eigenvalue weighted by atomic mass is 19.1. The molecule has 0 aromatic heterocycles. The van der Waals surface area contributed by atoms with Crippen LogP contribution in [0.15, 0.2) is 72.8 Å². The van der Waals surface area contributed by atoms with Gasteiger partial charge in [0.2, 0.25) is 11.8 Å². The molecule has 0 saturated carbocycles. The van der Waals surface area contributed by atoms with Gasteiger partial charge in [0, 0.05) is 35.6 Å². The summed E-state index contributed by atoms with van der Waals surface area (Å²) in [4.78, 5) is 39.3. The Kier molecular flexibility index (Phi) is 5.98. The summed E-state index contributed by atoms with van der Waals surface area (Å²) in [6, 6.07) is 19.7. The molecule has 3 amide bonds. The Morgan fingerprint density at radius 1 is 0.938 bits per heavy atom. The molecule has 0 aliphatic carbocycles. The van der Waals surface area contributed by atoms with Crippen LogP contribution in [0.1, 0.15) is 22.3 Å². The van der Waals surface area contributed by atoms with Crippen molar-refractivity contribution in [2.75, 3.05) is 22.1 Å². The van der Waals surface area contributed by atoms with Crippen LogP contribution < -0.4 is 15.5 Å². The number of hydrogen-bond acceptors (Lipinski definition) is 3. The molecule has 0 bridgehead atoms. The number of nitrogens with one attached hydrogen (secondary N) is 2. The molecule has 6 nitrogen and oxygen atoms in total. The Morgan fingerprint density at radius 3 is 2.31 bits per heavy atom. The molecule has 1 saturated heterocycles. The van der Waals surface area contributed by atoms with Crippen molar-refractivity contribution in [3.05, 3.63) is 89.7 Å². The Morgan fingerprint density at radius 2 is 1.59 bits per heavy atom. The maximum Gasteiger partial charge on any atom is 0.255 e. The van der Waals surface area contributed by atoms with Crippen molar-refractivity contribution < 1.29 is 18.8 Å². The molecule has 0 radical (unpaired) electrons. The van der Waals surface area contributed by atoms with Gasteiger partial charge in [0.1, 0.15) is 5.82 Å². The number of carbonyl (C=O) groups is 3. The largest absolute Gasteiger partial charge is 0.326 e. The summed E-state index contributed by atoms with van der Waals surface area (Å²) in [7, 11) is 0. The number of hydrogen-bond donors (Lipinski definition) is 2. The highest BCUT2D eigenvalue weighted by Crippen LogP contribution is 2.27. The monoisotopic (exact) mass is 431 g/mol. The van der Waals surface area contributed by atoms with Gasteiger partial charge in [0.05, 0.1) is 5.92 Å². The summed E-state index contributed by atoms with van der Waals surface area (Å²) >= 11 is 0. The zero-order valence-corrected chi connectivity index (χ0v) is 17.5. The zero-order chi connectivity index (χ0) is 22.7. The van der Waals surface area contributed by atoms with Gasteiger partial charge in [-0.25, -0.2) is 4.39 Å². The summed E-state index contributed by atoms with van der Waals surface area (Å²) < 4.78 is 13.1. The fourth-order valence-corrected chi connectivity index (χ4v) is 3.57. The molecule has 3 aromatic carbocycles. The van der Waals surface area contributed by atoms with Gasteiger partial charge in [-0.2, -0.15) is 0 Å². The fourth-order valence-electron chi connectivity index (χ4n) is 3.57. The molecule has 1 fully saturated rings. The molecule has 1 heterocycles. The molecular weight excluding hydrogens is 409 g/mol. The molecule has 0 spiro atoms. The van der Waals surface area contributed by atoms with E-state index in [2.05, 4.69) is 10.6 Å². The van der Waals surface area contributed by atoms with E-state index in [4.69, 9.17) is 0 Å². The van der Waals surface area contributed by atoms with Gasteiger partial charge < -0.3 is 15.5 Å². The third-order valence-electron chi connectivity index (χ3n) is 5.34. The van der Waals surface area contributed by atoms with Crippen molar-refractivity contribution in [3.8, 4) is 0 Å². The molecule has 4 rings (SSSR count). The number of halogens is 1. The van der Waals surface area contributed by atoms with Gasteiger partial charge in [0.15, 0.2) is 0 Å². The van der Waals surface area contributed by atoms with Gasteiger partial charge in [-0.3, -0.25) is 14.4 Å². The summed E-state index contributed by atoms with van der Waals surface area (Å²) in [6.07, 6.45) is 0.0623. The molecule has 0 unspecified atom stereocenters. The van der Waals surface area contributed by atoms with E-state index in [0.29, 0.717) is 22.6 Å². The van der Waals surface area contributed by atoms with Crippen molar-refractivity contribution in [1.82, 2.24) is 0 Å². The van der Waals surface area contributed by atoms with Gasteiger partial charge in [0.25, 0.3) is 5.91 Å². The maximum atomic E-state index is 13.1. The van der Waals surface area contributed by atoms with E-state index in [1.807, 2.05) is 31.2 Å². The quantitative estimate of drug-likeness (QED) is 0.629. The van der Waals surface area contributed by atoms with E-state index >= 15 is 0 Å². The Balaban J connectivity index is 1.43. The van der Waals surface area contributed by atoms with E-state index in [9.17, 15) is 18.8 Å². The van der Waals surface area contributed by atoms with Crippen LogP contribution in [0, 0.1) is 18.7 Å². The van der Waals surface area contributed by atoms with E-state index in [-0.39, 0.29) is 30.7 Å². The smallest absolute Gasteiger partial charge is 0.255 e. The second-order valence-electron chi connectivity index (χ2n) is 7.77. The summed E-state index contributed by atoms with van der Waals surface area (Å²) in [5, 5.41) is 5.56. The molecular formula is C25H22FN3O3. The first-order chi connectivity index (χ1) is 15.4. The van der Waals surface area contributed by atoms with Crippen molar-refractivity contribution in [2.45, 2.75) is 13.3 Å². The van der Waals surface area contributed by atoms with E-state index in [0.717, 1.165) is 5.56 Å². The molecule has 7 heteroatoms. The molecule has 1 aliphatic rings. The Hall–Kier alpha value is -4.00. The van der Waals surface area contributed by atoms with Crippen LogP contribution in [0.3, 0.4) is 0 Å². The molecule has 1 atom stereocenters. The number of carbonyl (C=O) groups excluding carboxylic acids is 3. The molecule has 32 heavy (non-hydrogen) atoms. The summed E-state index contributed by atoms with van der Waals surface area (Å²) in [5.41, 5.74) is 3.21. The summed E-state index contributed by atoms with van der Waals surface area (Å²) in [6.45, 7) is 2.17. The standard InChI is InChI=1S/C25H22FN3O3/c1-16-5-9-20(10-6-16)27-24(31)17-3-2-4-22(13-17)29-15-18(14-23(29)30)25(32)28-21-11-7-19(26)8-12-21/h2-13,18H,14-15H2,1H3,(H,27,31)(H,28,32)/t18-/m1/s1. The first-order valence-electron chi connectivity index (χ1n) is 10.2. The van der Waals surface area contributed by atoms with Crippen LogP contribution in [0.2, 0.25) is 0 Å². The number of aryl methyl sites for hydroxylation is 1. The van der Waals surface area contributed by atoms with Crippen LogP contribution in [0.4, 0.5) is 21.5 Å². The Labute approximate surface area is 185 Å². The molecule has 162 valence electrons. The highest BCUT2D eigenvalue weighted by molar-refractivity contribution is 6.07. The number of rotatable bonds is 5. The second-order valence-corrected chi connectivity index (χ2v) is 7.77. The predicted molar refractivity (Wildman–Crippen MR) is 121 cm³/mol. The minimum atomic E-state index is -0.544. The third kappa shape index (κ3) is 4.83. The number of benzene rings is 3. The zero-order valence-electron chi connectivity index (χ0n) is 17.5. The van der Waals surface area contributed by atoms with E-state index in [1.165, 1.54) is 29.2 Å². The van der Waals surface area contributed by atoms with Crippen molar-refractivity contribution in [1.29, 1.82) is 0 Å². The van der Waals surface area contributed by atoms with Crippen molar-refractivity contribution in [3.63, 3.8) is 0 Å². The molecule has 3 aromatic rings. The van der Waals surface area contributed by atoms with Crippen molar-refractivity contribution >= 4 is 34.8 Å². The van der Waals surface area contributed by atoms with E-state index in [1.54, 1.807) is 24.3 Å². The fraction of sp³-hybridized carbons (Fsp3) is 0.160. The van der Waals surface area contributed by atoms with E-state index < -0.39 is 11.7 Å². The van der Waals surface area contributed by atoms with Gasteiger partial charge in [-0.1, -0.05) is 23.8 Å². The molecule has 1 aliphatic heterocycles. The average Bonchev–Trinajstić information content (AvgIpc) is 3.19. The van der Waals surface area contributed by atoms with Crippen molar-refractivity contribution in [2.24, 2.45) is 5.92 Å². The first kappa shape index (κ1) is 21.2. The topological polar surface area (TPSA) is 78.5 Å². The minimum Gasteiger partial charge on any atom is -0.326 e. The lowest BCUT2D eigenvalue weighted by atomic mass is 10.1. The molecule has 2 N–H and O–H groups in total. The average molecular weight is 431 g/mol. The first-order valence-corrected chi connectivity index (χ1v) is 10.2. The lowest BCUT2D eigenvalue weighted by Gasteiger charge is -2.18. The number of amides is 3. The predicted octanol–water partition coefficient (Wildman–Crippen LogP) is 4.38. The summed E-state index contributed by atoms with van der Waals surface area (Å²) in [5.74, 6) is -1.72. The lowest BCUT2D eigenvalue weighted by Crippen LogP contribution is -2.28. The van der Waals surface area contributed by atoms with Gasteiger partial charge >= 0.3 is 0 Å².